The molecule has 1 fully saturated rings. The Labute approximate surface area is 92.8 Å². The molecule has 0 heterocycles. The molecule has 1 saturated carbocycles. The minimum Gasteiger partial charge on any atom is -0.385 e. The largest absolute Gasteiger partial charge is 0.385 e. The summed E-state index contributed by atoms with van der Waals surface area (Å²) in [6.45, 7) is 0. The lowest BCUT2D eigenvalue weighted by Gasteiger charge is -2.23. The lowest BCUT2D eigenvalue weighted by Crippen LogP contribution is -2.43. The highest BCUT2D eigenvalue weighted by atomic mass is 35.5. The summed E-state index contributed by atoms with van der Waals surface area (Å²) < 4.78 is 0. The second-order valence-electron chi connectivity index (χ2n) is 3.87. The molecule has 2 rings (SSSR count). The SMILES string of the molecule is N[C@]1(c2ccccc2Cl)CC[C@H](O)C1=O. The zero-order chi connectivity index (χ0) is 11.1. The van der Waals surface area contributed by atoms with Crippen molar-refractivity contribution in [1.29, 1.82) is 0 Å². The van der Waals surface area contributed by atoms with Gasteiger partial charge in [0, 0.05) is 5.02 Å². The molecule has 1 aliphatic carbocycles. The fourth-order valence-electron chi connectivity index (χ4n) is 2.01. The fraction of sp³-hybridized carbons (Fsp3) is 0.364. The van der Waals surface area contributed by atoms with Crippen LogP contribution < -0.4 is 5.73 Å². The first-order valence-electron chi connectivity index (χ1n) is 4.82. The number of ketones is 1. The Morgan fingerprint density at radius 3 is 2.67 bits per heavy atom. The van der Waals surface area contributed by atoms with E-state index >= 15 is 0 Å². The van der Waals surface area contributed by atoms with E-state index in [4.69, 9.17) is 17.3 Å². The molecule has 0 amide bonds. The van der Waals surface area contributed by atoms with Crippen molar-refractivity contribution in [2.75, 3.05) is 0 Å². The van der Waals surface area contributed by atoms with Crippen molar-refractivity contribution in [1.82, 2.24) is 0 Å². The summed E-state index contributed by atoms with van der Waals surface area (Å²) in [5, 5.41) is 9.89. The van der Waals surface area contributed by atoms with Crippen LogP contribution >= 0.6 is 11.6 Å². The number of benzene rings is 1. The smallest absolute Gasteiger partial charge is 0.185 e. The molecule has 3 N–H and O–H groups in total. The number of halogens is 1. The van der Waals surface area contributed by atoms with E-state index in [1.165, 1.54) is 0 Å². The topological polar surface area (TPSA) is 63.3 Å². The van der Waals surface area contributed by atoms with Gasteiger partial charge < -0.3 is 10.8 Å². The molecule has 0 aliphatic heterocycles. The third-order valence-electron chi connectivity index (χ3n) is 2.91. The highest BCUT2D eigenvalue weighted by Gasteiger charge is 2.46. The van der Waals surface area contributed by atoms with Crippen molar-refractivity contribution < 1.29 is 9.90 Å². The van der Waals surface area contributed by atoms with E-state index in [2.05, 4.69) is 0 Å². The number of hydrogen-bond donors (Lipinski definition) is 2. The summed E-state index contributed by atoms with van der Waals surface area (Å²) >= 11 is 5.99. The van der Waals surface area contributed by atoms with Crippen LogP contribution in [-0.4, -0.2) is 17.0 Å². The number of aliphatic hydroxyl groups is 1. The first-order chi connectivity index (χ1) is 7.05. The standard InChI is InChI=1S/C11H12ClNO2/c12-8-4-2-1-3-7(8)11(13)6-5-9(14)10(11)15/h1-4,9,14H,5-6,13H2/t9-,11-/m0/s1. The van der Waals surface area contributed by atoms with Gasteiger partial charge in [0.1, 0.15) is 11.6 Å². The van der Waals surface area contributed by atoms with E-state index in [1.807, 2.05) is 0 Å². The van der Waals surface area contributed by atoms with E-state index in [0.29, 0.717) is 23.4 Å². The molecular formula is C11H12ClNO2. The Balaban J connectivity index is 2.47. The lowest BCUT2D eigenvalue weighted by molar-refractivity contribution is -0.128. The summed E-state index contributed by atoms with van der Waals surface area (Å²) in [4.78, 5) is 11.7. The van der Waals surface area contributed by atoms with Gasteiger partial charge in [-0.3, -0.25) is 4.79 Å². The summed E-state index contributed by atoms with van der Waals surface area (Å²) in [7, 11) is 0. The minimum atomic E-state index is -1.11. The van der Waals surface area contributed by atoms with Gasteiger partial charge in [0.2, 0.25) is 0 Å². The van der Waals surface area contributed by atoms with Crippen LogP contribution in [0.25, 0.3) is 0 Å². The van der Waals surface area contributed by atoms with Crippen LogP contribution in [0.4, 0.5) is 0 Å². The monoisotopic (exact) mass is 225 g/mol. The number of aliphatic hydroxyl groups excluding tert-OH is 1. The van der Waals surface area contributed by atoms with Crippen molar-refractivity contribution in [3.05, 3.63) is 34.9 Å². The second-order valence-corrected chi connectivity index (χ2v) is 4.28. The minimum absolute atomic E-state index is 0.337. The lowest BCUT2D eigenvalue weighted by atomic mass is 9.88. The van der Waals surface area contributed by atoms with E-state index in [0.717, 1.165) is 0 Å². The number of rotatable bonds is 1. The zero-order valence-corrected chi connectivity index (χ0v) is 8.87. The van der Waals surface area contributed by atoms with Crippen molar-refractivity contribution in [2.45, 2.75) is 24.5 Å². The van der Waals surface area contributed by atoms with Crippen molar-refractivity contribution in [3.63, 3.8) is 0 Å². The van der Waals surface area contributed by atoms with Crippen LogP contribution in [0, 0.1) is 0 Å². The third-order valence-corrected chi connectivity index (χ3v) is 3.24. The van der Waals surface area contributed by atoms with Gasteiger partial charge in [0.05, 0.1) is 0 Å². The first-order valence-corrected chi connectivity index (χ1v) is 5.20. The highest BCUT2D eigenvalue weighted by molar-refractivity contribution is 6.31. The molecule has 0 aromatic heterocycles. The van der Waals surface area contributed by atoms with E-state index < -0.39 is 11.6 Å². The van der Waals surface area contributed by atoms with E-state index in [-0.39, 0.29) is 5.78 Å². The predicted molar refractivity (Wildman–Crippen MR) is 57.6 cm³/mol. The first kappa shape index (κ1) is 10.6. The summed E-state index contributed by atoms with van der Waals surface area (Å²) in [6, 6.07) is 7.00. The average molecular weight is 226 g/mol. The molecule has 15 heavy (non-hydrogen) atoms. The van der Waals surface area contributed by atoms with Crippen LogP contribution in [0.3, 0.4) is 0 Å². The Morgan fingerprint density at radius 2 is 2.13 bits per heavy atom. The molecule has 1 aromatic rings. The van der Waals surface area contributed by atoms with Crippen LogP contribution in [-0.2, 0) is 10.3 Å². The van der Waals surface area contributed by atoms with Crippen LogP contribution in [0.5, 0.6) is 0 Å². The van der Waals surface area contributed by atoms with Gasteiger partial charge in [0.25, 0.3) is 0 Å². The van der Waals surface area contributed by atoms with Crippen molar-refractivity contribution in [2.24, 2.45) is 5.73 Å². The molecule has 1 aliphatic rings. The molecule has 2 atom stereocenters. The maximum atomic E-state index is 11.7. The van der Waals surface area contributed by atoms with Crippen molar-refractivity contribution >= 4 is 17.4 Å². The summed E-state index contributed by atoms with van der Waals surface area (Å²) in [6.07, 6.45) is -0.108. The molecule has 0 spiro atoms. The van der Waals surface area contributed by atoms with Gasteiger partial charge in [-0.2, -0.15) is 0 Å². The quantitative estimate of drug-likeness (QED) is 0.756. The molecule has 3 nitrogen and oxygen atoms in total. The predicted octanol–water partition coefficient (Wildman–Crippen LogP) is 1.22. The number of hydrogen-bond acceptors (Lipinski definition) is 3. The number of carbonyl (C=O) groups is 1. The van der Waals surface area contributed by atoms with Crippen LogP contribution in [0.15, 0.2) is 24.3 Å². The molecule has 0 saturated heterocycles. The Kier molecular flexibility index (Phi) is 2.54. The van der Waals surface area contributed by atoms with Gasteiger partial charge in [0.15, 0.2) is 5.78 Å². The molecule has 80 valence electrons. The van der Waals surface area contributed by atoms with Gasteiger partial charge in [-0.05, 0) is 24.5 Å². The van der Waals surface area contributed by atoms with E-state index in [9.17, 15) is 9.90 Å². The Hall–Kier alpha value is -0.900. The van der Waals surface area contributed by atoms with Crippen LogP contribution in [0.1, 0.15) is 18.4 Å². The number of nitrogens with two attached hydrogens (primary N) is 1. The van der Waals surface area contributed by atoms with Gasteiger partial charge in [-0.15, -0.1) is 0 Å². The second kappa shape index (κ2) is 3.59. The molecule has 1 aromatic carbocycles. The average Bonchev–Trinajstić information content (AvgIpc) is 2.48. The van der Waals surface area contributed by atoms with Gasteiger partial charge in [-0.25, -0.2) is 0 Å². The highest BCUT2D eigenvalue weighted by Crippen LogP contribution is 2.36. The normalized spacial score (nSPS) is 30.9. The number of Topliss-reactive ketones (excluding diaryl/α,β-unsaturated/α-hetero) is 1. The maximum Gasteiger partial charge on any atom is 0.185 e. The van der Waals surface area contributed by atoms with Crippen molar-refractivity contribution in [3.8, 4) is 0 Å². The zero-order valence-electron chi connectivity index (χ0n) is 8.11. The number of carbonyl (C=O) groups excluding carboxylic acids is 1. The van der Waals surface area contributed by atoms with E-state index in [1.54, 1.807) is 24.3 Å². The third kappa shape index (κ3) is 1.57. The van der Waals surface area contributed by atoms with Gasteiger partial charge in [-0.1, -0.05) is 29.8 Å². The molecule has 0 bridgehead atoms. The fourth-order valence-corrected chi connectivity index (χ4v) is 2.31. The van der Waals surface area contributed by atoms with Crippen LogP contribution in [0.2, 0.25) is 5.02 Å². The van der Waals surface area contributed by atoms with Gasteiger partial charge >= 0.3 is 0 Å². The maximum absolute atomic E-state index is 11.7. The Morgan fingerprint density at radius 1 is 1.47 bits per heavy atom. The molecule has 0 unspecified atom stereocenters. The molecular weight excluding hydrogens is 214 g/mol. The molecule has 4 heteroatoms. The molecule has 0 radical (unpaired) electrons. The Bertz CT molecular complexity index is 407. The summed E-state index contributed by atoms with van der Waals surface area (Å²) in [5.74, 6) is -0.337. The summed E-state index contributed by atoms with van der Waals surface area (Å²) in [5.41, 5.74) is 5.51.